The summed E-state index contributed by atoms with van der Waals surface area (Å²) < 4.78 is 27.2. The summed E-state index contributed by atoms with van der Waals surface area (Å²) in [5, 5.41) is 0. The Morgan fingerprint density at radius 2 is 1.73 bits per heavy atom. The summed E-state index contributed by atoms with van der Waals surface area (Å²) in [4.78, 5) is 16.5. The molecular formula is C18H30N4O3S. The van der Waals surface area contributed by atoms with Crippen LogP contribution in [-0.4, -0.2) is 69.4 Å². The number of carbonyl (C=O) groups is 1. The topological polar surface area (TPSA) is 95.7 Å². The second-order valence-corrected chi connectivity index (χ2v) is 8.91. The minimum absolute atomic E-state index is 0.000256. The van der Waals surface area contributed by atoms with Crippen LogP contribution in [-0.2, 0) is 14.8 Å². The quantitative estimate of drug-likeness (QED) is 0.712. The highest BCUT2D eigenvalue weighted by Gasteiger charge is 2.26. The smallest absolute Gasteiger partial charge is 0.240 e. The molecule has 1 atom stereocenters. The molecule has 1 aliphatic rings. The molecule has 1 fully saturated rings. The van der Waals surface area contributed by atoms with E-state index >= 15 is 0 Å². The van der Waals surface area contributed by atoms with E-state index in [1.165, 1.54) is 0 Å². The summed E-state index contributed by atoms with van der Waals surface area (Å²) in [5.74, 6) is 0.122. The maximum absolute atomic E-state index is 12.3. The lowest BCUT2D eigenvalue weighted by Gasteiger charge is -2.36. The molecule has 0 aromatic heterocycles. The van der Waals surface area contributed by atoms with E-state index in [1.54, 1.807) is 29.2 Å². The van der Waals surface area contributed by atoms with Gasteiger partial charge in [0.25, 0.3) is 0 Å². The van der Waals surface area contributed by atoms with Gasteiger partial charge >= 0.3 is 0 Å². The molecule has 0 bridgehead atoms. The molecule has 0 saturated carbocycles. The van der Waals surface area contributed by atoms with E-state index in [4.69, 9.17) is 5.73 Å². The fourth-order valence-electron chi connectivity index (χ4n) is 2.83. The van der Waals surface area contributed by atoms with Crippen molar-refractivity contribution in [3.05, 3.63) is 29.8 Å². The van der Waals surface area contributed by atoms with Crippen LogP contribution in [0.3, 0.4) is 0 Å². The van der Waals surface area contributed by atoms with E-state index in [9.17, 15) is 13.2 Å². The van der Waals surface area contributed by atoms with Crippen molar-refractivity contribution in [1.82, 2.24) is 14.5 Å². The van der Waals surface area contributed by atoms with Crippen LogP contribution in [0.1, 0.15) is 19.4 Å². The lowest BCUT2D eigenvalue weighted by Crippen LogP contribution is -2.55. The minimum atomic E-state index is -3.48. The normalized spacial score (nSPS) is 17.5. The molecule has 1 aromatic rings. The number of nitrogens with zero attached hydrogens (tertiary/aromatic N) is 2. The van der Waals surface area contributed by atoms with Crippen LogP contribution in [0.15, 0.2) is 29.2 Å². The number of amides is 1. The summed E-state index contributed by atoms with van der Waals surface area (Å²) in [6, 6.07) is 6.34. The van der Waals surface area contributed by atoms with Crippen molar-refractivity contribution in [2.24, 2.45) is 11.7 Å². The monoisotopic (exact) mass is 382 g/mol. The van der Waals surface area contributed by atoms with E-state index in [0.717, 1.165) is 18.7 Å². The number of sulfonamides is 1. The van der Waals surface area contributed by atoms with Crippen molar-refractivity contribution in [1.29, 1.82) is 0 Å². The number of hydrogen-bond acceptors (Lipinski definition) is 5. The molecule has 26 heavy (non-hydrogen) atoms. The number of aryl methyl sites for hydroxylation is 1. The van der Waals surface area contributed by atoms with E-state index < -0.39 is 16.1 Å². The Morgan fingerprint density at radius 3 is 2.27 bits per heavy atom. The van der Waals surface area contributed by atoms with Crippen LogP contribution in [0, 0.1) is 12.8 Å². The molecular weight excluding hydrogens is 352 g/mol. The van der Waals surface area contributed by atoms with E-state index in [1.807, 2.05) is 20.8 Å². The van der Waals surface area contributed by atoms with Gasteiger partial charge in [0.1, 0.15) is 0 Å². The van der Waals surface area contributed by atoms with E-state index in [0.29, 0.717) is 26.2 Å². The molecule has 1 aromatic carbocycles. The SMILES string of the molecule is Cc1ccc(S(=O)(=O)NCCN2CCN(C(=O)[C@@H](N)C(C)C)CC2)cc1. The van der Waals surface area contributed by atoms with E-state index in [-0.39, 0.29) is 16.7 Å². The standard InChI is InChI=1S/C18H30N4O3S/c1-14(2)17(19)18(23)22-12-10-21(11-13-22)9-8-20-26(24,25)16-6-4-15(3)5-7-16/h4-7,14,17,20H,8-13,19H2,1-3H3/t17-/m0/s1. The predicted octanol–water partition coefficient (Wildman–Crippen LogP) is 0.401. The lowest BCUT2D eigenvalue weighted by atomic mass is 10.0. The van der Waals surface area contributed by atoms with Gasteiger partial charge in [-0.25, -0.2) is 13.1 Å². The first-order chi connectivity index (χ1) is 12.2. The van der Waals surface area contributed by atoms with Gasteiger partial charge < -0.3 is 10.6 Å². The molecule has 7 nitrogen and oxygen atoms in total. The van der Waals surface area contributed by atoms with Crippen LogP contribution in [0.5, 0.6) is 0 Å². The molecule has 8 heteroatoms. The summed E-state index contributed by atoms with van der Waals surface area (Å²) in [6.45, 7) is 9.47. The molecule has 2 rings (SSSR count). The molecule has 0 aliphatic carbocycles. The number of carbonyl (C=O) groups excluding carboxylic acids is 1. The number of nitrogens with two attached hydrogens (primary N) is 1. The predicted molar refractivity (Wildman–Crippen MR) is 102 cm³/mol. The summed E-state index contributed by atoms with van der Waals surface area (Å²) in [7, 11) is -3.48. The second-order valence-electron chi connectivity index (χ2n) is 7.15. The van der Waals surface area contributed by atoms with Crippen molar-refractivity contribution < 1.29 is 13.2 Å². The van der Waals surface area contributed by atoms with Crippen molar-refractivity contribution in [3.8, 4) is 0 Å². The third-order valence-electron chi connectivity index (χ3n) is 4.74. The van der Waals surface area contributed by atoms with Crippen LogP contribution >= 0.6 is 0 Å². The first kappa shape index (κ1) is 20.8. The number of hydrogen-bond donors (Lipinski definition) is 2. The van der Waals surface area contributed by atoms with Gasteiger partial charge in [0.2, 0.25) is 15.9 Å². The molecule has 0 radical (unpaired) electrons. The van der Waals surface area contributed by atoms with Crippen molar-refractivity contribution in [2.45, 2.75) is 31.7 Å². The largest absolute Gasteiger partial charge is 0.339 e. The lowest BCUT2D eigenvalue weighted by molar-refractivity contribution is -0.135. The first-order valence-corrected chi connectivity index (χ1v) is 10.5. The maximum atomic E-state index is 12.3. The van der Waals surface area contributed by atoms with Crippen LogP contribution in [0.4, 0.5) is 0 Å². The summed E-state index contributed by atoms with van der Waals surface area (Å²) in [5.41, 5.74) is 6.96. The van der Waals surface area contributed by atoms with Gasteiger partial charge in [-0.1, -0.05) is 31.5 Å². The number of nitrogens with one attached hydrogen (secondary N) is 1. The fraction of sp³-hybridized carbons (Fsp3) is 0.611. The van der Waals surface area contributed by atoms with Gasteiger partial charge in [-0.05, 0) is 25.0 Å². The van der Waals surface area contributed by atoms with E-state index in [2.05, 4.69) is 9.62 Å². The Labute approximate surface area is 156 Å². The highest BCUT2D eigenvalue weighted by Crippen LogP contribution is 2.10. The molecule has 0 unspecified atom stereocenters. The molecule has 1 amide bonds. The average Bonchev–Trinajstić information content (AvgIpc) is 2.61. The van der Waals surface area contributed by atoms with Crippen LogP contribution in [0.2, 0.25) is 0 Å². The Morgan fingerprint density at radius 1 is 1.15 bits per heavy atom. The number of rotatable bonds is 7. The van der Waals surface area contributed by atoms with Crippen LogP contribution < -0.4 is 10.5 Å². The maximum Gasteiger partial charge on any atom is 0.240 e. The van der Waals surface area contributed by atoms with Gasteiger partial charge in [0.15, 0.2) is 0 Å². The Balaban J connectivity index is 1.76. The third kappa shape index (κ3) is 5.51. The molecule has 1 aliphatic heterocycles. The number of benzene rings is 1. The minimum Gasteiger partial charge on any atom is -0.339 e. The molecule has 0 spiro atoms. The summed E-state index contributed by atoms with van der Waals surface area (Å²) in [6.07, 6.45) is 0. The first-order valence-electron chi connectivity index (χ1n) is 9.04. The Bertz CT molecular complexity index is 696. The molecule has 146 valence electrons. The summed E-state index contributed by atoms with van der Waals surface area (Å²) >= 11 is 0. The highest BCUT2D eigenvalue weighted by atomic mass is 32.2. The molecule has 1 heterocycles. The van der Waals surface area contributed by atoms with Gasteiger partial charge in [0.05, 0.1) is 10.9 Å². The Kier molecular flexibility index (Phi) is 7.16. The zero-order valence-corrected chi connectivity index (χ0v) is 16.6. The molecule has 1 saturated heterocycles. The zero-order chi connectivity index (χ0) is 19.3. The van der Waals surface area contributed by atoms with Crippen molar-refractivity contribution in [2.75, 3.05) is 39.3 Å². The Hall–Kier alpha value is -1.48. The highest BCUT2D eigenvalue weighted by molar-refractivity contribution is 7.89. The fourth-order valence-corrected chi connectivity index (χ4v) is 3.85. The zero-order valence-electron chi connectivity index (χ0n) is 15.8. The van der Waals surface area contributed by atoms with Crippen molar-refractivity contribution >= 4 is 15.9 Å². The van der Waals surface area contributed by atoms with Gasteiger partial charge in [-0.15, -0.1) is 0 Å². The van der Waals surface area contributed by atoms with Gasteiger partial charge in [0, 0.05) is 39.3 Å². The van der Waals surface area contributed by atoms with Gasteiger partial charge in [-0.2, -0.15) is 0 Å². The van der Waals surface area contributed by atoms with Crippen LogP contribution in [0.25, 0.3) is 0 Å². The van der Waals surface area contributed by atoms with Gasteiger partial charge in [-0.3, -0.25) is 9.69 Å². The second kappa shape index (κ2) is 8.94. The van der Waals surface area contributed by atoms with Crippen molar-refractivity contribution in [3.63, 3.8) is 0 Å². The average molecular weight is 383 g/mol. The molecule has 3 N–H and O–H groups in total. The third-order valence-corrected chi connectivity index (χ3v) is 6.22. The number of piperazine rings is 1.